The molecule has 20 heavy (non-hydrogen) atoms. The molecule has 1 aliphatic carbocycles. The smallest absolute Gasteiger partial charge is 0.170 e. The number of rotatable bonds is 7. The van der Waals surface area contributed by atoms with Crippen LogP contribution in [0.2, 0.25) is 0 Å². The highest BCUT2D eigenvalue weighted by molar-refractivity contribution is 5.89. The van der Waals surface area contributed by atoms with E-state index < -0.39 is 5.60 Å². The highest BCUT2D eigenvalue weighted by Gasteiger charge is 2.40. The van der Waals surface area contributed by atoms with Crippen molar-refractivity contribution in [2.75, 3.05) is 7.11 Å². The van der Waals surface area contributed by atoms with Crippen molar-refractivity contribution < 1.29 is 9.53 Å². The summed E-state index contributed by atoms with van der Waals surface area (Å²) in [6, 6.07) is 2.40. The van der Waals surface area contributed by atoms with Crippen molar-refractivity contribution >= 4 is 5.78 Å². The van der Waals surface area contributed by atoms with Crippen LogP contribution in [0.25, 0.3) is 0 Å². The van der Waals surface area contributed by atoms with Crippen molar-refractivity contribution in [3.8, 4) is 0 Å². The number of carbonyl (C=O) groups excluding carboxylic acids is 1. The van der Waals surface area contributed by atoms with Gasteiger partial charge in [-0.1, -0.05) is 13.8 Å². The molecule has 0 unspecified atom stereocenters. The van der Waals surface area contributed by atoms with Crippen LogP contribution in [0.3, 0.4) is 0 Å². The molecule has 1 aliphatic rings. The lowest BCUT2D eigenvalue weighted by atomic mass is 9.93. The van der Waals surface area contributed by atoms with Gasteiger partial charge in [0.05, 0.1) is 18.2 Å². The lowest BCUT2D eigenvalue weighted by Crippen LogP contribution is -2.39. The third-order valence-corrected chi connectivity index (χ3v) is 4.63. The molecule has 4 heteroatoms. The van der Waals surface area contributed by atoms with Gasteiger partial charge in [-0.25, -0.2) is 0 Å². The van der Waals surface area contributed by atoms with Gasteiger partial charge in [-0.15, -0.1) is 0 Å². The second-order valence-corrected chi connectivity index (χ2v) is 5.76. The van der Waals surface area contributed by atoms with Gasteiger partial charge >= 0.3 is 0 Å². The van der Waals surface area contributed by atoms with Crippen molar-refractivity contribution in [3.63, 3.8) is 0 Å². The van der Waals surface area contributed by atoms with E-state index in [1.54, 1.807) is 7.11 Å². The van der Waals surface area contributed by atoms with Crippen LogP contribution in [0.5, 0.6) is 0 Å². The standard InChI is InChI=1S/C16H26N2O2/c1-4-14(5-2)18-11-8-13(17-18)12-15(19)16(20-3)9-6-7-10-16/h8,11,14H,4-7,9-10,12H2,1-3H3. The highest BCUT2D eigenvalue weighted by Crippen LogP contribution is 2.34. The Bertz CT molecular complexity index is 443. The van der Waals surface area contributed by atoms with E-state index >= 15 is 0 Å². The lowest BCUT2D eigenvalue weighted by molar-refractivity contribution is -0.139. The molecule has 112 valence electrons. The normalized spacial score (nSPS) is 17.8. The van der Waals surface area contributed by atoms with Gasteiger partial charge in [0.15, 0.2) is 5.78 Å². The van der Waals surface area contributed by atoms with Crippen LogP contribution < -0.4 is 0 Å². The Hall–Kier alpha value is -1.16. The van der Waals surface area contributed by atoms with E-state index in [0.29, 0.717) is 12.5 Å². The van der Waals surface area contributed by atoms with Crippen molar-refractivity contribution in [1.82, 2.24) is 9.78 Å². The fourth-order valence-corrected chi connectivity index (χ4v) is 3.21. The van der Waals surface area contributed by atoms with Gasteiger partial charge < -0.3 is 4.74 Å². The maximum absolute atomic E-state index is 12.5. The largest absolute Gasteiger partial charge is 0.370 e. The fourth-order valence-electron chi connectivity index (χ4n) is 3.21. The summed E-state index contributed by atoms with van der Waals surface area (Å²) in [4.78, 5) is 12.5. The first kappa shape index (κ1) is 15.2. The topological polar surface area (TPSA) is 44.1 Å². The van der Waals surface area contributed by atoms with Gasteiger partial charge in [-0.05, 0) is 44.6 Å². The molecule has 2 rings (SSSR count). The number of carbonyl (C=O) groups is 1. The number of ether oxygens (including phenoxy) is 1. The van der Waals surface area contributed by atoms with Crippen LogP contribution in [0, 0.1) is 0 Å². The van der Waals surface area contributed by atoms with E-state index in [4.69, 9.17) is 4.74 Å². The molecule has 0 saturated heterocycles. The zero-order valence-electron chi connectivity index (χ0n) is 12.9. The van der Waals surface area contributed by atoms with E-state index in [0.717, 1.165) is 44.2 Å². The summed E-state index contributed by atoms with van der Waals surface area (Å²) in [5.41, 5.74) is 0.323. The van der Waals surface area contributed by atoms with Crippen LogP contribution >= 0.6 is 0 Å². The molecular formula is C16H26N2O2. The monoisotopic (exact) mass is 278 g/mol. The van der Waals surface area contributed by atoms with Crippen LogP contribution in [0.1, 0.15) is 64.1 Å². The van der Waals surface area contributed by atoms with Crippen LogP contribution in [0.4, 0.5) is 0 Å². The predicted molar refractivity (Wildman–Crippen MR) is 78.8 cm³/mol. The number of hydrogen-bond donors (Lipinski definition) is 0. The zero-order valence-corrected chi connectivity index (χ0v) is 12.9. The average Bonchev–Trinajstić information content (AvgIpc) is 3.10. The first-order chi connectivity index (χ1) is 9.65. The number of methoxy groups -OCH3 is 1. The lowest BCUT2D eigenvalue weighted by Gasteiger charge is -2.25. The van der Waals surface area contributed by atoms with Crippen molar-refractivity contribution in [3.05, 3.63) is 18.0 Å². The van der Waals surface area contributed by atoms with Gasteiger partial charge in [0.2, 0.25) is 0 Å². The van der Waals surface area contributed by atoms with Gasteiger partial charge in [-0.2, -0.15) is 5.10 Å². The zero-order chi connectivity index (χ0) is 14.6. The maximum atomic E-state index is 12.5. The Kier molecular flexibility index (Phi) is 4.97. The van der Waals surface area contributed by atoms with E-state index in [9.17, 15) is 4.79 Å². The molecule has 0 amide bonds. The minimum absolute atomic E-state index is 0.187. The Morgan fingerprint density at radius 1 is 1.40 bits per heavy atom. The molecule has 0 N–H and O–H groups in total. The summed E-state index contributed by atoms with van der Waals surface area (Å²) in [7, 11) is 1.66. The second kappa shape index (κ2) is 6.53. The van der Waals surface area contributed by atoms with E-state index in [1.807, 2.05) is 16.9 Å². The molecule has 1 aromatic rings. The molecule has 4 nitrogen and oxygen atoms in total. The Labute approximate surface area is 121 Å². The number of ketones is 1. The van der Waals surface area contributed by atoms with Gasteiger partial charge in [-0.3, -0.25) is 9.48 Å². The summed E-state index contributed by atoms with van der Waals surface area (Å²) in [6.45, 7) is 4.33. The molecule has 1 fully saturated rings. The second-order valence-electron chi connectivity index (χ2n) is 5.76. The first-order valence-electron chi connectivity index (χ1n) is 7.77. The number of Topliss-reactive ketones (excluding diaryl/α,β-unsaturated/α-hetero) is 1. The Morgan fingerprint density at radius 2 is 2.05 bits per heavy atom. The van der Waals surface area contributed by atoms with E-state index in [-0.39, 0.29) is 5.78 Å². The summed E-state index contributed by atoms with van der Waals surface area (Å²) >= 11 is 0. The molecule has 0 radical (unpaired) electrons. The summed E-state index contributed by atoms with van der Waals surface area (Å²) < 4.78 is 7.54. The van der Waals surface area contributed by atoms with E-state index in [2.05, 4.69) is 18.9 Å². The molecule has 0 spiro atoms. The minimum atomic E-state index is -0.543. The minimum Gasteiger partial charge on any atom is -0.370 e. The maximum Gasteiger partial charge on any atom is 0.170 e. The summed E-state index contributed by atoms with van der Waals surface area (Å²) in [5.74, 6) is 0.187. The van der Waals surface area contributed by atoms with E-state index in [1.165, 1.54) is 0 Å². The molecule has 0 aromatic carbocycles. The summed E-state index contributed by atoms with van der Waals surface area (Å²) in [6.07, 6.45) is 8.39. The van der Waals surface area contributed by atoms with Gasteiger partial charge in [0.25, 0.3) is 0 Å². The molecule has 0 aliphatic heterocycles. The average molecular weight is 278 g/mol. The van der Waals surface area contributed by atoms with Crippen LogP contribution in [-0.2, 0) is 16.0 Å². The number of nitrogens with zero attached hydrogens (tertiary/aromatic N) is 2. The predicted octanol–water partition coefficient (Wildman–Crippen LogP) is 3.32. The highest BCUT2D eigenvalue weighted by atomic mass is 16.5. The Balaban J connectivity index is 2.05. The third-order valence-electron chi connectivity index (χ3n) is 4.63. The number of aromatic nitrogens is 2. The van der Waals surface area contributed by atoms with Gasteiger partial charge in [0.1, 0.15) is 5.60 Å². The molecule has 1 heterocycles. The number of hydrogen-bond acceptors (Lipinski definition) is 3. The molecular weight excluding hydrogens is 252 g/mol. The molecule has 0 atom stereocenters. The SMILES string of the molecule is CCC(CC)n1ccc(CC(=O)C2(OC)CCCC2)n1. The van der Waals surface area contributed by atoms with Crippen molar-refractivity contribution in [1.29, 1.82) is 0 Å². The molecule has 1 aromatic heterocycles. The fraction of sp³-hybridized carbons (Fsp3) is 0.750. The first-order valence-corrected chi connectivity index (χ1v) is 7.77. The van der Waals surface area contributed by atoms with Crippen LogP contribution in [0.15, 0.2) is 12.3 Å². The van der Waals surface area contributed by atoms with Crippen molar-refractivity contribution in [2.24, 2.45) is 0 Å². The van der Waals surface area contributed by atoms with Crippen molar-refractivity contribution in [2.45, 2.75) is 70.4 Å². The quantitative estimate of drug-likeness (QED) is 0.768. The van der Waals surface area contributed by atoms with Gasteiger partial charge in [0, 0.05) is 13.3 Å². The Morgan fingerprint density at radius 3 is 2.60 bits per heavy atom. The molecule has 0 bridgehead atoms. The summed E-state index contributed by atoms with van der Waals surface area (Å²) in [5, 5.41) is 4.57. The third kappa shape index (κ3) is 2.95. The molecule has 1 saturated carbocycles. The van der Waals surface area contributed by atoms with Crippen LogP contribution in [-0.4, -0.2) is 28.3 Å².